The van der Waals surface area contributed by atoms with E-state index in [0.717, 1.165) is 12.2 Å². The van der Waals surface area contributed by atoms with Crippen LogP contribution in [0.2, 0.25) is 0 Å². The topological polar surface area (TPSA) is 60.7 Å². The molecule has 0 aromatic carbocycles. The van der Waals surface area contributed by atoms with E-state index < -0.39 is 5.41 Å². The summed E-state index contributed by atoms with van der Waals surface area (Å²) in [5.74, 6) is 1.56. The summed E-state index contributed by atoms with van der Waals surface area (Å²) >= 11 is 0. The standard InChI is InChI=1S/C13H14N2O/c1-3-7-13(9-14,10-15)8-12-6-5-11(4-2)16-12/h3,5-6H,1,4,7-8H2,2H3. The second kappa shape index (κ2) is 5.19. The van der Waals surface area contributed by atoms with Crippen LogP contribution in [0.3, 0.4) is 0 Å². The molecule has 0 N–H and O–H groups in total. The Labute approximate surface area is 95.6 Å². The molecule has 1 aromatic rings. The van der Waals surface area contributed by atoms with Gasteiger partial charge in [0.2, 0.25) is 0 Å². The van der Waals surface area contributed by atoms with E-state index in [4.69, 9.17) is 14.9 Å². The van der Waals surface area contributed by atoms with Crippen LogP contribution in [0.1, 0.15) is 24.9 Å². The van der Waals surface area contributed by atoms with E-state index in [9.17, 15) is 0 Å². The predicted molar refractivity (Wildman–Crippen MR) is 60.3 cm³/mol. The molecule has 0 amide bonds. The van der Waals surface area contributed by atoms with Gasteiger partial charge in [0, 0.05) is 12.8 Å². The number of aryl methyl sites for hydroxylation is 1. The maximum atomic E-state index is 9.07. The molecular weight excluding hydrogens is 200 g/mol. The van der Waals surface area contributed by atoms with E-state index in [0.29, 0.717) is 18.6 Å². The molecule has 3 nitrogen and oxygen atoms in total. The van der Waals surface area contributed by atoms with Gasteiger partial charge in [0.1, 0.15) is 11.5 Å². The third kappa shape index (κ3) is 2.52. The van der Waals surface area contributed by atoms with Gasteiger partial charge in [0.25, 0.3) is 0 Å². The second-order valence-electron chi connectivity index (χ2n) is 3.70. The van der Waals surface area contributed by atoms with Crippen LogP contribution in [-0.4, -0.2) is 0 Å². The fourth-order valence-corrected chi connectivity index (χ4v) is 1.52. The molecular formula is C13H14N2O. The smallest absolute Gasteiger partial charge is 0.154 e. The van der Waals surface area contributed by atoms with Crippen LogP contribution >= 0.6 is 0 Å². The summed E-state index contributed by atoms with van der Waals surface area (Å²) in [4.78, 5) is 0. The minimum absolute atomic E-state index is 0.312. The molecule has 0 radical (unpaired) electrons. The molecule has 0 atom stereocenters. The van der Waals surface area contributed by atoms with Crippen LogP contribution in [0.5, 0.6) is 0 Å². The number of nitriles is 2. The molecule has 3 heteroatoms. The van der Waals surface area contributed by atoms with E-state index in [1.807, 2.05) is 31.2 Å². The summed E-state index contributed by atoms with van der Waals surface area (Å²) in [6.45, 7) is 5.57. The minimum atomic E-state index is -1.05. The highest BCUT2D eigenvalue weighted by Gasteiger charge is 2.30. The zero-order valence-corrected chi connectivity index (χ0v) is 9.36. The Bertz CT molecular complexity index is 431. The zero-order valence-electron chi connectivity index (χ0n) is 9.36. The molecule has 0 bridgehead atoms. The van der Waals surface area contributed by atoms with Gasteiger partial charge in [-0.05, 0) is 18.6 Å². The molecule has 82 valence electrons. The molecule has 0 unspecified atom stereocenters. The third-order valence-electron chi connectivity index (χ3n) is 2.46. The van der Waals surface area contributed by atoms with Gasteiger partial charge in [0.05, 0.1) is 12.1 Å². The summed E-state index contributed by atoms with van der Waals surface area (Å²) < 4.78 is 5.50. The van der Waals surface area contributed by atoms with Crippen molar-refractivity contribution in [2.45, 2.75) is 26.2 Å². The Morgan fingerprint density at radius 2 is 2.00 bits per heavy atom. The lowest BCUT2D eigenvalue weighted by Crippen LogP contribution is -2.18. The number of furan rings is 1. The molecule has 0 saturated heterocycles. The molecule has 0 aliphatic carbocycles. The average molecular weight is 214 g/mol. The summed E-state index contributed by atoms with van der Waals surface area (Å²) in [5, 5.41) is 18.1. The lowest BCUT2D eigenvalue weighted by Gasteiger charge is -2.14. The number of nitrogens with zero attached hydrogens (tertiary/aromatic N) is 2. The van der Waals surface area contributed by atoms with Crippen molar-refractivity contribution >= 4 is 0 Å². The first kappa shape index (κ1) is 12.1. The van der Waals surface area contributed by atoms with Crippen molar-refractivity contribution in [3.63, 3.8) is 0 Å². The van der Waals surface area contributed by atoms with Gasteiger partial charge in [-0.1, -0.05) is 13.0 Å². The van der Waals surface area contributed by atoms with Crippen molar-refractivity contribution in [3.8, 4) is 12.1 Å². The van der Waals surface area contributed by atoms with Crippen molar-refractivity contribution in [3.05, 3.63) is 36.3 Å². The lowest BCUT2D eigenvalue weighted by molar-refractivity contribution is 0.413. The maximum absolute atomic E-state index is 9.07. The van der Waals surface area contributed by atoms with Gasteiger partial charge in [-0.25, -0.2) is 0 Å². The van der Waals surface area contributed by atoms with Gasteiger partial charge in [0.15, 0.2) is 5.41 Å². The number of hydrogen-bond donors (Lipinski definition) is 0. The molecule has 0 aliphatic heterocycles. The van der Waals surface area contributed by atoms with E-state index in [2.05, 4.69) is 6.58 Å². The highest BCUT2D eigenvalue weighted by atomic mass is 16.3. The first-order valence-corrected chi connectivity index (χ1v) is 5.20. The maximum Gasteiger partial charge on any atom is 0.154 e. The normalized spacial score (nSPS) is 10.4. The first-order valence-electron chi connectivity index (χ1n) is 5.20. The Kier molecular flexibility index (Phi) is 3.91. The Balaban J connectivity index is 2.88. The average Bonchev–Trinajstić information content (AvgIpc) is 2.76. The van der Waals surface area contributed by atoms with E-state index in [-0.39, 0.29) is 0 Å². The van der Waals surface area contributed by atoms with Crippen molar-refractivity contribution in [1.29, 1.82) is 10.5 Å². The zero-order chi connectivity index (χ0) is 12.0. The third-order valence-corrected chi connectivity index (χ3v) is 2.46. The summed E-state index contributed by atoms with van der Waals surface area (Å²) in [6, 6.07) is 7.80. The summed E-state index contributed by atoms with van der Waals surface area (Å²) in [6.07, 6.45) is 3.07. The van der Waals surface area contributed by atoms with Crippen LogP contribution in [0, 0.1) is 28.1 Å². The van der Waals surface area contributed by atoms with Crippen molar-refractivity contribution in [2.75, 3.05) is 0 Å². The van der Waals surface area contributed by atoms with Crippen molar-refractivity contribution in [1.82, 2.24) is 0 Å². The molecule has 0 fully saturated rings. The fraction of sp³-hybridized carbons (Fsp3) is 0.385. The van der Waals surface area contributed by atoms with Crippen LogP contribution in [-0.2, 0) is 12.8 Å². The minimum Gasteiger partial charge on any atom is -0.466 e. The van der Waals surface area contributed by atoms with Crippen molar-refractivity contribution < 1.29 is 4.42 Å². The quantitative estimate of drug-likeness (QED) is 0.708. The summed E-state index contributed by atoms with van der Waals surface area (Å²) in [5.41, 5.74) is -1.05. The number of hydrogen-bond acceptors (Lipinski definition) is 3. The van der Waals surface area contributed by atoms with Crippen molar-refractivity contribution in [2.24, 2.45) is 5.41 Å². The van der Waals surface area contributed by atoms with Crippen LogP contribution in [0.15, 0.2) is 29.2 Å². The predicted octanol–water partition coefficient (Wildman–Crippen LogP) is 2.99. The monoisotopic (exact) mass is 214 g/mol. The van der Waals surface area contributed by atoms with E-state index >= 15 is 0 Å². The van der Waals surface area contributed by atoms with Gasteiger partial charge in [-0.3, -0.25) is 0 Å². The molecule has 0 aliphatic rings. The van der Waals surface area contributed by atoms with Gasteiger partial charge >= 0.3 is 0 Å². The Morgan fingerprint density at radius 3 is 2.44 bits per heavy atom. The van der Waals surface area contributed by atoms with E-state index in [1.54, 1.807) is 6.08 Å². The fourth-order valence-electron chi connectivity index (χ4n) is 1.52. The van der Waals surface area contributed by atoms with Gasteiger partial charge in [-0.15, -0.1) is 6.58 Å². The van der Waals surface area contributed by atoms with E-state index in [1.165, 1.54) is 0 Å². The second-order valence-corrected chi connectivity index (χ2v) is 3.70. The Hall–Kier alpha value is -2.00. The highest BCUT2D eigenvalue weighted by molar-refractivity contribution is 5.21. The Morgan fingerprint density at radius 1 is 1.38 bits per heavy atom. The molecule has 1 aromatic heterocycles. The molecule has 1 rings (SSSR count). The van der Waals surface area contributed by atoms with Crippen LogP contribution in [0.4, 0.5) is 0 Å². The first-order chi connectivity index (χ1) is 7.69. The van der Waals surface area contributed by atoms with Crippen LogP contribution < -0.4 is 0 Å². The number of rotatable bonds is 5. The summed E-state index contributed by atoms with van der Waals surface area (Å²) in [7, 11) is 0. The lowest BCUT2D eigenvalue weighted by atomic mass is 9.83. The SMILES string of the molecule is C=CCC(C#N)(C#N)Cc1ccc(CC)o1. The van der Waals surface area contributed by atoms with Gasteiger partial charge < -0.3 is 4.42 Å². The van der Waals surface area contributed by atoms with Gasteiger partial charge in [-0.2, -0.15) is 10.5 Å². The largest absolute Gasteiger partial charge is 0.466 e. The highest BCUT2D eigenvalue weighted by Crippen LogP contribution is 2.27. The van der Waals surface area contributed by atoms with Crippen LogP contribution in [0.25, 0.3) is 0 Å². The molecule has 0 saturated carbocycles. The number of allylic oxidation sites excluding steroid dienone is 1. The molecule has 16 heavy (non-hydrogen) atoms. The molecule has 1 heterocycles. The molecule has 0 spiro atoms.